The maximum atomic E-state index is 13.8. The van der Waals surface area contributed by atoms with E-state index in [1.807, 2.05) is 13.8 Å². The molecule has 0 saturated heterocycles. The second-order valence-electron chi connectivity index (χ2n) is 9.45. The Morgan fingerprint density at radius 2 is 1.74 bits per heavy atom. The van der Waals surface area contributed by atoms with Gasteiger partial charge in [-0.2, -0.15) is 0 Å². The predicted molar refractivity (Wildman–Crippen MR) is 136 cm³/mol. The largest absolute Gasteiger partial charge is 0.355 e. The Labute approximate surface area is 217 Å². The van der Waals surface area contributed by atoms with Crippen LogP contribution in [0, 0.1) is 5.82 Å². The zero-order valence-electron chi connectivity index (χ0n) is 21.4. The summed E-state index contributed by atoms with van der Waals surface area (Å²) in [5, 5.41) is 5.72. The number of carbonyl (C=O) groups excluding carboxylic acids is 2. The highest BCUT2D eigenvalue weighted by Crippen LogP contribution is 2.27. The van der Waals surface area contributed by atoms with Crippen LogP contribution in [-0.4, -0.2) is 45.4 Å². The van der Waals surface area contributed by atoms with Crippen LogP contribution in [0.25, 0.3) is 5.69 Å². The quantitative estimate of drug-likeness (QED) is 0.504. The lowest BCUT2D eigenvalue weighted by Crippen LogP contribution is -2.46. The zero-order chi connectivity index (χ0) is 27.7. The van der Waals surface area contributed by atoms with Crippen molar-refractivity contribution >= 4 is 17.8 Å². The predicted octanol–water partition coefficient (Wildman–Crippen LogP) is 4.08. The lowest BCUT2D eigenvalue weighted by molar-refractivity contribution is 0.0652. The smallest absolute Gasteiger partial charge is 0.266 e. The Morgan fingerprint density at radius 3 is 2.34 bits per heavy atom. The van der Waals surface area contributed by atoms with Gasteiger partial charge in [0.15, 0.2) is 0 Å². The van der Waals surface area contributed by atoms with Gasteiger partial charge < -0.3 is 15.5 Å². The van der Waals surface area contributed by atoms with Crippen molar-refractivity contribution in [3.63, 3.8) is 0 Å². The number of nitrogens with zero attached hydrogens (tertiary/aromatic N) is 3. The van der Waals surface area contributed by atoms with Gasteiger partial charge in [0.25, 0.3) is 23.8 Å². The second-order valence-corrected chi connectivity index (χ2v) is 9.45. The number of rotatable bonds is 6. The van der Waals surface area contributed by atoms with Crippen molar-refractivity contribution in [3.05, 3.63) is 86.6 Å². The molecule has 0 bridgehead atoms. The number of benzene rings is 2. The summed E-state index contributed by atoms with van der Waals surface area (Å²) in [6.07, 6.45) is -2.87. The van der Waals surface area contributed by atoms with Crippen LogP contribution in [0.2, 0.25) is 0 Å². The van der Waals surface area contributed by atoms with Crippen molar-refractivity contribution in [2.45, 2.75) is 52.2 Å². The molecular formula is C27H28F3N5O3. The van der Waals surface area contributed by atoms with Crippen molar-refractivity contribution in [1.29, 1.82) is 0 Å². The lowest BCUT2D eigenvalue weighted by atomic mass is 9.98. The Morgan fingerprint density at radius 1 is 1.08 bits per heavy atom. The summed E-state index contributed by atoms with van der Waals surface area (Å²) in [5.41, 5.74) is 0.546. The normalized spacial score (nSPS) is 15.0. The molecule has 1 aliphatic rings. The number of hydrogen-bond acceptors (Lipinski definition) is 5. The van der Waals surface area contributed by atoms with Crippen LogP contribution in [0.5, 0.6) is 0 Å². The number of hydrogen-bond donors (Lipinski definition) is 2. The zero-order valence-corrected chi connectivity index (χ0v) is 21.4. The van der Waals surface area contributed by atoms with Crippen molar-refractivity contribution in [1.82, 2.24) is 19.8 Å². The number of fused-ring (bicyclic) bond motifs is 1. The van der Waals surface area contributed by atoms with Crippen molar-refractivity contribution in [2.24, 2.45) is 0 Å². The average molecular weight is 528 g/mol. The first-order valence-electron chi connectivity index (χ1n) is 12.1. The molecule has 1 atom stereocenters. The third kappa shape index (κ3) is 5.13. The number of carbonyl (C=O) groups is 2. The van der Waals surface area contributed by atoms with Crippen molar-refractivity contribution in [3.8, 4) is 5.69 Å². The molecule has 3 aromatic rings. The fourth-order valence-corrected chi connectivity index (χ4v) is 4.44. The van der Waals surface area contributed by atoms with E-state index >= 15 is 0 Å². The summed E-state index contributed by atoms with van der Waals surface area (Å²) in [6.45, 7) is 5.51. The SMILES string of the molecule is CNC(=O)c1ccc(-n2c(NC(C)C)nc3c(c2=O)C[C@@H](C)N(C(=O)c2ccc(F)c(C(F)F)c2)C3)cc1. The maximum Gasteiger partial charge on any atom is 0.266 e. The molecule has 0 aliphatic carbocycles. The summed E-state index contributed by atoms with van der Waals surface area (Å²) in [6, 6.07) is 8.90. The lowest BCUT2D eigenvalue weighted by Gasteiger charge is -2.35. The molecule has 2 amide bonds. The minimum Gasteiger partial charge on any atom is -0.355 e. The van der Waals surface area contributed by atoms with Gasteiger partial charge in [0.2, 0.25) is 5.95 Å². The van der Waals surface area contributed by atoms with Crippen LogP contribution in [-0.2, 0) is 13.0 Å². The Hall–Kier alpha value is -4.15. The first-order valence-corrected chi connectivity index (χ1v) is 12.1. The molecule has 0 fully saturated rings. The van der Waals surface area contributed by atoms with Crippen LogP contribution in [0.1, 0.15) is 64.7 Å². The van der Waals surface area contributed by atoms with Crippen molar-refractivity contribution < 1.29 is 22.8 Å². The van der Waals surface area contributed by atoms with Crippen LogP contribution < -0.4 is 16.2 Å². The molecule has 1 aliphatic heterocycles. The Kier molecular flexibility index (Phi) is 7.56. The molecule has 38 heavy (non-hydrogen) atoms. The molecule has 0 spiro atoms. The van der Waals surface area contributed by atoms with E-state index in [0.29, 0.717) is 22.5 Å². The summed E-state index contributed by atoms with van der Waals surface area (Å²) >= 11 is 0. The Balaban J connectivity index is 1.74. The van der Waals surface area contributed by atoms with E-state index in [1.54, 1.807) is 31.2 Å². The Bertz CT molecular complexity index is 1440. The van der Waals surface area contributed by atoms with Gasteiger partial charge in [-0.3, -0.25) is 14.4 Å². The fraction of sp³-hybridized carbons (Fsp3) is 0.333. The van der Waals surface area contributed by atoms with Gasteiger partial charge in [-0.15, -0.1) is 0 Å². The maximum absolute atomic E-state index is 13.8. The third-order valence-electron chi connectivity index (χ3n) is 6.39. The van der Waals surface area contributed by atoms with E-state index < -0.39 is 29.8 Å². The van der Waals surface area contributed by atoms with Gasteiger partial charge in [-0.1, -0.05) is 0 Å². The summed E-state index contributed by atoms with van der Waals surface area (Å²) in [4.78, 5) is 45.0. The molecule has 0 radical (unpaired) electrons. The van der Waals surface area contributed by atoms with Crippen LogP contribution in [0.15, 0.2) is 47.3 Å². The van der Waals surface area contributed by atoms with Gasteiger partial charge in [0.1, 0.15) is 5.82 Å². The summed E-state index contributed by atoms with van der Waals surface area (Å²) in [7, 11) is 1.53. The minimum absolute atomic E-state index is 0.0187. The van der Waals surface area contributed by atoms with E-state index in [0.717, 1.165) is 12.1 Å². The molecule has 200 valence electrons. The van der Waals surface area contributed by atoms with E-state index in [9.17, 15) is 27.6 Å². The molecular weight excluding hydrogens is 499 g/mol. The number of aromatic nitrogens is 2. The molecule has 2 heterocycles. The van der Waals surface area contributed by atoms with Gasteiger partial charge in [-0.05, 0) is 69.7 Å². The van der Waals surface area contributed by atoms with E-state index in [-0.39, 0.29) is 42.0 Å². The standard InChI is InChI=1S/C27H28F3N5O3/c1-14(2)32-27-33-22-13-34(25(37)17-7-10-21(28)19(12-17)23(29)30)15(3)11-20(22)26(38)35(27)18-8-5-16(6-9-18)24(36)31-4/h5-10,12,14-15,23H,11,13H2,1-4H3,(H,31,36)(H,32,33)/t15-/m1/s1. The number of amides is 2. The van der Waals surface area contributed by atoms with Gasteiger partial charge >= 0.3 is 0 Å². The highest BCUT2D eigenvalue weighted by Gasteiger charge is 2.32. The van der Waals surface area contributed by atoms with E-state index in [4.69, 9.17) is 0 Å². The highest BCUT2D eigenvalue weighted by molar-refractivity contribution is 5.95. The van der Waals surface area contributed by atoms with Crippen molar-refractivity contribution in [2.75, 3.05) is 12.4 Å². The molecule has 4 rings (SSSR count). The first kappa shape index (κ1) is 26.9. The third-order valence-corrected chi connectivity index (χ3v) is 6.39. The van der Waals surface area contributed by atoms with E-state index in [1.165, 1.54) is 22.6 Å². The van der Waals surface area contributed by atoms with Crippen LogP contribution >= 0.6 is 0 Å². The second kappa shape index (κ2) is 10.7. The minimum atomic E-state index is -3.06. The topological polar surface area (TPSA) is 96.3 Å². The summed E-state index contributed by atoms with van der Waals surface area (Å²) < 4.78 is 41.6. The molecule has 0 unspecified atom stereocenters. The van der Waals surface area contributed by atoms with Gasteiger partial charge in [0.05, 0.1) is 23.5 Å². The molecule has 11 heteroatoms. The van der Waals surface area contributed by atoms with Gasteiger partial charge in [0, 0.05) is 35.8 Å². The van der Waals surface area contributed by atoms with Gasteiger partial charge in [-0.25, -0.2) is 22.7 Å². The fourth-order valence-electron chi connectivity index (χ4n) is 4.44. The molecule has 0 saturated carbocycles. The average Bonchev–Trinajstić information content (AvgIpc) is 2.88. The molecule has 8 nitrogen and oxygen atoms in total. The van der Waals surface area contributed by atoms with Crippen LogP contribution in [0.3, 0.4) is 0 Å². The van der Waals surface area contributed by atoms with Crippen LogP contribution in [0.4, 0.5) is 19.1 Å². The molecule has 1 aromatic heterocycles. The molecule has 2 N–H and O–H groups in total. The number of alkyl halides is 2. The highest BCUT2D eigenvalue weighted by atomic mass is 19.3. The monoisotopic (exact) mass is 527 g/mol. The number of halogens is 3. The number of anilines is 1. The van der Waals surface area contributed by atoms with E-state index in [2.05, 4.69) is 15.6 Å². The molecule has 2 aromatic carbocycles. The summed E-state index contributed by atoms with van der Waals surface area (Å²) in [5.74, 6) is -1.63. The number of nitrogens with one attached hydrogen (secondary N) is 2. The first-order chi connectivity index (χ1) is 18.0.